The van der Waals surface area contributed by atoms with Gasteiger partial charge in [-0.15, -0.1) is 55.2 Å². The summed E-state index contributed by atoms with van der Waals surface area (Å²) in [6.07, 6.45) is -4.50. The highest BCUT2D eigenvalue weighted by atomic mass is 35.5. The summed E-state index contributed by atoms with van der Waals surface area (Å²) in [5.41, 5.74) is 9.94. The molecular weight excluding hydrogens is 1260 g/mol. The van der Waals surface area contributed by atoms with Crippen LogP contribution in [0.25, 0.3) is 26.9 Å². The SMILES string of the molecule is CCCCN(CCCC)c1ccc(N=Nc2nccs2)c(C)c1.CCn1c(N=Nc2c(C)c(Cl)c3c(c2C)CCN3C)nc2cc(C)c(C(F)(F)F)cc21.[C-]#[N+]c1cc2c(cc1COOCCC)nc(N=Nc1ccc3c(c1C)CCCN3CC(F)(F)F)n2C(F)(F)F. The summed E-state index contributed by atoms with van der Waals surface area (Å²) in [5.74, 6) is -0.492. The van der Waals surface area contributed by atoms with Gasteiger partial charge in [-0.25, -0.2) is 34.1 Å². The van der Waals surface area contributed by atoms with Crippen molar-refractivity contribution >= 4 is 102 Å². The van der Waals surface area contributed by atoms with E-state index in [-0.39, 0.29) is 57.2 Å². The molecule has 93 heavy (non-hydrogen) atoms. The lowest BCUT2D eigenvalue weighted by atomic mass is 9.96. The van der Waals surface area contributed by atoms with Crippen molar-refractivity contribution in [3.05, 3.63) is 133 Å². The number of hydrogen-bond donors (Lipinski definition) is 0. The van der Waals surface area contributed by atoms with Crippen LogP contribution in [0.3, 0.4) is 0 Å². The first kappa shape index (κ1) is 70.8. The van der Waals surface area contributed by atoms with E-state index in [0.29, 0.717) is 76.1 Å². The van der Waals surface area contributed by atoms with Crippen LogP contribution >= 0.6 is 22.9 Å². The van der Waals surface area contributed by atoms with Crippen LogP contribution in [0.2, 0.25) is 5.02 Å². The lowest BCUT2D eigenvalue weighted by molar-refractivity contribution is -0.303. The number of halogens is 10. The fraction of sp³-hybridized carbons (Fsp3) is 0.446. The van der Waals surface area contributed by atoms with Crippen molar-refractivity contribution in [2.24, 2.45) is 30.7 Å². The highest BCUT2D eigenvalue weighted by Gasteiger charge is 2.38. The zero-order valence-electron chi connectivity index (χ0n) is 53.4. The Kier molecular flexibility index (Phi) is 23.4. The Morgan fingerprint density at radius 2 is 1.40 bits per heavy atom. The van der Waals surface area contributed by atoms with Crippen LogP contribution in [0.4, 0.5) is 96.4 Å². The molecule has 0 bridgehead atoms. The minimum atomic E-state index is -4.92. The Morgan fingerprint density at radius 3 is 2.03 bits per heavy atom. The van der Waals surface area contributed by atoms with Crippen LogP contribution in [0.5, 0.6) is 0 Å². The number of benzene rings is 5. The van der Waals surface area contributed by atoms with E-state index in [0.717, 1.165) is 71.8 Å². The van der Waals surface area contributed by atoms with Gasteiger partial charge in [0.05, 0.1) is 75.2 Å². The number of rotatable bonds is 20. The van der Waals surface area contributed by atoms with Gasteiger partial charge in [-0.1, -0.05) is 45.2 Å². The number of thiazole rings is 1. The van der Waals surface area contributed by atoms with E-state index in [2.05, 4.69) is 99.3 Å². The predicted octanol–water partition coefficient (Wildman–Crippen LogP) is 21.3. The molecule has 3 aromatic heterocycles. The van der Waals surface area contributed by atoms with Crippen LogP contribution in [-0.2, 0) is 48.2 Å². The lowest BCUT2D eigenvalue weighted by Gasteiger charge is -2.33. The number of fused-ring (bicyclic) bond motifs is 4. The smallest absolute Gasteiger partial charge is 0.373 e. The second kappa shape index (κ2) is 30.8. The maximum Gasteiger partial charge on any atom is 0.491 e. The molecule has 0 unspecified atom stereocenters. The van der Waals surface area contributed by atoms with Gasteiger partial charge in [0, 0.05) is 62.7 Å². The van der Waals surface area contributed by atoms with Gasteiger partial charge < -0.3 is 19.3 Å². The minimum absolute atomic E-state index is 0.0644. The first-order valence-electron chi connectivity index (χ1n) is 30.5. The number of unbranched alkanes of at least 4 members (excludes halogenated alkanes) is 2. The highest BCUT2D eigenvalue weighted by molar-refractivity contribution is 7.13. The number of azo groups is 3. The summed E-state index contributed by atoms with van der Waals surface area (Å²) < 4.78 is 123. The van der Waals surface area contributed by atoms with Gasteiger partial charge in [-0.3, -0.25) is 0 Å². The summed E-state index contributed by atoms with van der Waals surface area (Å²) >= 11 is 8.12. The third kappa shape index (κ3) is 17.0. The monoisotopic (exact) mass is 1330 g/mol. The summed E-state index contributed by atoms with van der Waals surface area (Å²) in [6, 6.07) is 14.3. The number of alkyl halides is 9. The molecule has 8 aromatic rings. The number of nitrogens with zero attached hydrogens (tertiary/aromatic N) is 15. The molecule has 0 fully saturated rings. The molecule has 0 N–H and O–H groups in total. The maximum absolute atomic E-state index is 14.0. The molecule has 5 heterocycles. The average molecular weight is 1330 g/mol. The molecule has 0 saturated carbocycles. The van der Waals surface area contributed by atoms with Gasteiger partial charge in [-0.2, -0.15) is 26.3 Å². The van der Waals surface area contributed by atoms with Crippen LogP contribution in [0, 0.1) is 41.2 Å². The van der Waals surface area contributed by atoms with E-state index in [9.17, 15) is 39.5 Å². The van der Waals surface area contributed by atoms with Crippen LogP contribution in [0.15, 0.2) is 96.9 Å². The van der Waals surface area contributed by atoms with Gasteiger partial charge in [-0.05, 0) is 179 Å². The van der Waals surface area contributed by atoms with Gasteiger partial charge in [0.2, 0.25) is 11.1 Å². The van der Waals surface area contributed by atoms with E-state index < -0.39 is 36.7 Å². The normalized spacial score (nSPS) is 13.5. The topological polar surface area (TPSA) is 155 Å². The van der Waals surface area contributed by atoms with Crippen molar-refractivity contribution in [3.8, 4) is 0 Å². The van der Waals surface area contributed by atoms with E-state index in [1.54, 1.807) is 17.7 Å². The predicted molar refractivity (Wildman–Crippen MR) is 347 cm³/mol. The number of aryl methyl sites for hydroxylation is 3. The maximum atomic E-state index is 14.0. The molecule has 0 saturated heterocycles. The Balaban J connectivity index is 0.000000185. The Bertz CT molecular complexity index is 4050. The molecule has 5 aromatic carbocycles. The third-order valence-corrected chi connectivity index (χ3v) is 17.0. The molecule has 10 rings (SSSR count). The molecule has 17 nitrogen and oxygen atoms in total. The van der Waals surface area contributed by atoms with Crippen LogP contribution in [-0.4, -0.2) is 76.6 Å². The fourth-order valence-corrected chi connectivity index (χ4v) is 11.9. The molecule has 28 heteroatoms. The zero-order valence-corrected chi connectivity index (χ0v) is 54.9. The Hall–Kier alpha value is -8.06. The van der Waals surface area contributed by atoms with E-state index in [1.165, 1.54) is 78.8 Å². The number of anilines is 3. The number of likely N-dealkylation sites (N-methyl/N-ethyl adjacent to an activating group) is 1. The molecular formula is C65H73ClF9N15O2S. The summed E-state index contributed by atoms with van der Waals surface area (Å²) in [7, 11) is 2.01. The van der Waals surface area contributed by atoms with E-state index >= 15 is 0 Å². The molecule has 2 aliphatic heterocycles. The molecule has 496 valence electrons. The van der Waals surface area contributed by atoms with Crippen molar-refractivity contribution in [2.75, 3.05) is 61.1 Å². The highest BCUT2D eigenvalue weighted by Crippen LogP contribution is 2.46. The largest absolute Gasteiger partial charge is 0.491 e. The first-order chi connectivity index (χ1) is 44.2. The molecule has 0 aliphatic carbocycles. The van der Waals surface area contributed by atoms with Gasteiger partial charge in [0.15, 0.2) is 5.69 Å². The molecule has 2 aliphatic rings. The van der Waals surface area contributed by atoms with E-state index in [1.807, 2.05) is 40.1 Å². The van der Waals surface area contributed by atoms with Crippen molar-refractivity contribution in [1.29, 1.82) is 0 Å². The Morgan fingerprint density at radius 1 is 0.710 bits per heavy atom. The standard InChI is InChI=1S/C25H24F6N6O2.C22H23ClF3N5.C18H26N4S/c1-4-10-38-39-13-16-11-20-22(12-19(16)32-3)37(25(29,30)31)23(33-20)35-34-18-7-8-21-17(15(18)2)6-5-9-36(21)14-24(26,27)28;1-6-31-17-10-15(22(24,25)26)11(2)9-16(17)27-21(31)29-28-19-12(3)14-7-8-30(5)20(14)18(23)13(19)4;1-4-6-11-22(12-7-5-2)16-8-9-17(15(3)14-16)20-21-18-19-10-13-23-18/h7-8,11-12H,4-6,9-10,13-14H2,1-2H3;9-10H,6-8H2,1-5H3;8-10,13-14H,4-7,11-12H2,1-3H3. The van der Waals surface area contributed by atoms with Crippen LogP contribution in [0.1, 0.15) is 116 Å². The van der Waals surface area contributed by atoms with Crippen molar-refractivity contribution in [2.45, 2.75) is 145 Å². The number of aromatic nitrogens is 5. The second-order valence-electron chi connectivity index (χ2n) is 22.5. The fourth-order valence-electron chi connectivity index (χ4n) is 11.1. The molecule has 0 atom stereocenters. The molecule has 0 amide bonds. The Labute approximate surface area is 542 Å². The summed E-state index contributed by atoms with van der Waals surface area (Å²) in [5, 5.41) is 28.3. The van der Waals surface area contributed by atoms with Gasteiger partial charge in [0.25, 0.3) is 5.95 Å². The average Bonchev–Trinajstić information content (AvgIpc) is 1.67. The molecule has 0 spiro atoms. The zero-order chi connectivity index (χ0) is 67.5. The first-order valence-corrected chi connectivity index (χ1v) is 31.8. The van der Waals surface area contributed by atoms with Gasteiger partial charge >= 0.3 is 18.7 Å². The second-order valence-corrected chi connectivity index (χ2v) is 23.8. The van der Waals surface area contributed by atoms with Gasteiger partial charge in [0.1, 0.15) is 6.54 Å². The molecule has 0 radical (unpaired) electrons. The van der Waals surface area contributed by atoms with Crippen molar-refractivity contribution < 1.29 is 49.3 Å². The number of hydrogen-bond acceptors (Lipinski definition) is 15. The van der Waals surface area contributed by atoms with Crippen molar-refractivity contribution in [1.82, 2.24) is 24.1 Å². The summed E-state index contributed by atoms with van der Waals surface area (Å²) in [4.78, 5) is 31.7. The van der Waals surface area contributed by atoms with Crippen LogP contribution < -0.4 is 14.7 Å². The lowest BCUT2D eigenvalue weighted by Crippen LogP contribution is -2.37. The quantitative estimate of drug-likeness (QED) is 0.0182. The number of imidazole rings is 2. The third-order valence-electron chi connectivity index (χ3n) is 15.9. The van der Waals surface area contributed by atoms with E-state index in [4.69, 9.17) is 27.9 Å². The minimum Gasteiger partial charge on any atom is -0.373 e. The summed E-state index contributed by atoms with van der Waals surface area (Å²) in [6.45, 7) is 27.5. The van der Waals surface area contributed by atoms with Crippen molar-refractivity contribution in [3.63, 3.8) is 0 Å².